The van der Waals surface area contributed by atoms with Gasteiger partial charge in [-0.2, -0.15) is 10.2 Å². The van der Waals surface area contributed by atoms with Gasteiger partial charge in [-0.1, -0.05) is 6.08 Å². The highest BCUT2D eigenvalue weighted by atomic mass is 16.5. The van der Waals surface area contributed by atoms with E-state index in [2.05, 4.69) is 54.8 Å². The third kappa shape index (κ3) is 6.50. The maximum absolute atomic E-state index is 12.0. The van der Waals surface area contributed by atoms with Gasteiger partial charge in [-0.05, 0) is 42.5 Å². The summed E-state index contributed by atoms with van der Waals surface area (Å²) in [7, 11) is 0. The van der Waals surface area contributed by atoms with Crippen molar-refractivity contribution in [3.8, 4) is 23.2 Å². The molecule has 0 spiro atoms. The summed E-state index contributed by atoms with van der Waals surface area (Å²) >= 11 is 0. The lowest BCUT2D eigenvalue weighted by molar-refractivity contribution is -0.137. The number of hydrogen-bond donors (Lipinski definition) is 2. The maximum atomic E-state index is 12.0. The molecule has 2 atom stereocenters. The number of ether oxygens (including phenoxy) is 2. The quantitative estimate of drug-likeness (QED) is 0.352. The van der Waals surface area contributed by atoms with Gasteiger partial charge >= 0.3 is 0 Å². The Morgan fingerprint density at radius 3 is 2.61 bits per heavy atom. The van der Waals surface area contributed by atoms with E-state index in [1.54, 1.807) is 23.1 Å². The van der Waals surface area contributed by atoms with Crippen molar-refractivity contribution in [2.24, 2.45) is 0 Å². The number of amides is 1. The highest BCUT2D eigenvalue weighted by Crippen LogP contribution is 2.29. The number of hydrogen-bond acceptors (Lipinski definition) is 11. The third-order valence-electron chi connectivity index (χ3n) is 8.49. The van der Waals surface area contributed by atoms with Crippen molar-refractivity contribution in [3.63, 3.8) is 0 Å². The number of aromatic nitrogens is 3. The Morgan fingerprint density at radius 1 is 1.14 bits per heavy atom. The molecule has 12 heteroatoms. The molecule has 2 N–H and O–H groups in total. The first-order valence-corrected chi connectivity index (χ1v) is 14.9. The molecule has 12 nitrogen and oxygen atoms in total. The van der Waals surface area contributed by atoms with Crippen molar-refractivity contribution in [2.45, 2.75) is 31.0 Å². The molecule has 3 saturated heterocycles. The minimum Gasteiger partial charge on any atom is -0.489 e. The molecule has 4 heterocycles. The van der Waals surface area contributed by atoms with Gasteiger partial charge in [0.2, 0.25) is 11.9 Å². The van der Waals surface area contributed by atoms with Gasteiger partial charge in [0.05, 0.1) is 30.9 Å². The molecule has 3 aliphatic rings. The largest absolute Gasteiger partial charge is 0.489 e. The number of aliphatic hydroxyl groups excluding tert-OH is 1. The number of benzene rings is 2. The van der Waals surface area contributed by atoms with E-state index in [1.807, 2.05) is 18.2 Å². The first-order valence-electron chi connectivity index (χ1n) is 14.9. The second-order valence-corrected chi connectivity index (χ2v) is 11.2. The topological polar surface area (TPSA) is 140 Å². The van der Waals surface area contributed by atoms with E-state index in [-0.39, 0.29) is 18.1 Å². The van der Waals surface area contributed by atoms with E-state index in [1.165, 1.54) is 12.0 Å². The molecule has 3 fully saturated rings. The fourth-order valence-electron chi connectivity index (χ4n) is 5.89. The lowest BCUT2D eigenvalue weighted by atomic mass is 9.99. The van der Waals surface area contributed by atoms with Gasteiger partial charge < -0.3 is 29.7 Å². The number of carbonyl (C=O) groups excluding carboxylic acids is 1. The van der Waals surface area contributed by atoms with Crippen LogP contribution in [-0.2, 0) is 9.53 Å². The summed E-state index contributed by atoms with van der Waals surface area (Å²) in [5.74, 6) is 0.956. The first-order chi connectivity index (χ1) is 21.5. The summed E-state index contributed by atoms with van der Waals surface area (Å²) in [6, 6.07) is 16.1. The molecule has 2 aromatic carbocycles. The van der Waals surface area contributed by atoms with Gasteiger partial charge in [-0.25, -0.2) is 9.97 Å². The molecule has 0 unspecified atom stereocenters. The van der Waals surface area contributed by atoms with Crippen LogP contribution >= 0.6 is 0 Å². The second kappa shape index (κ2) is 13.4. The Bertz CT molecular complexity index is 1520. The van der Waals surface area contributed by atoms with Crippen LogP contribution in [0.2, 0.25) is 0 Å². The Morgan fingerprint density at radius 2 is 1.93 bits per heavy atom. The second-order valence-electron chi connectivity index (χ2n) is 11.2. The summed E-state index contributed by atoms with van der Waals surface area (Å²) in [4.78, 5) is 31.8. The Kier molecular flexibility index (Phi) is 8.97. The van der Waals surface area contributed by atoms with Crippen molar-refractivity contribution in [1.82, 2.24) is 24.8 Å². The molecule has 0 bridgehead atoms. The monoisotopic (exact) mass is 596 g/mol. The molecule has 3 aromatic rings. The molecule has 3 aliphatic heterocycles. The predicted octanol–water partition coefficient (Wildman–Crippen LogP) is 2.59. The van der Waals surface area contributed by atoms with E-state index in [9.17, 15) is 15.2 Å². The van der Waals surface area contributed by atoms with Crippen LogP contribution in [0.3, 0.4) is 0 Å². The molecule has 228 valence electrons. The zero-order chi connectivity index (χ0) is 30.5. The number of nitriles is 1. The molecule has 0 saturated carbocycles. The number of piperazine rings is 1. The summed E-state index contributed by atoms with van der Waals surface area (Å²) in [6.45, 7) is 9.52. The highest BCUT2D eigenvalue weighted by Gasteiger charge is 2.31. The van der Waals surface area contributed by atoms with Gasteiger partial charge in [0.15, 0.2) is 5.82 Å². The summed E-state index contributed by atoms with van der Waals surface area (Å²) in [5, 5.41) is 22.4. The molecule has 44 heavy (non-hydrogen) atoms. The van der Waals surface area contributed by atoms with Crippen molar-refractivity contribution in [3.05, 3.63) is 67.0 Å². The SMILES string of the molecule is C=C[C@H]1C[C@@H](Oc2ccc(-c3ncnc(Nc4ccc(N5CCN(C6COC6)CC5)cc4)n3)cc2C#N)CCN1C(=O)CO. The fraction of sp³-hybridized carbons (Fsp3) is 0.406. The average molecular weight is 597 g/mol. The van der Waals surface area contributed by atoms with Gasteiger partial charge in [-0.3, -0.25) is 9.69 Å². The van der Waals surface area contributed by atoms with Crippen molar-refractivity contribution < 1.29 is 19.4 Å². The Labute approximate surface area is 256 Å². The van der Waals surface area contributed by atoms with Gasteiger partial charge in [0, 0.05) is 62.5 Å². The van der Waals surface area contributed by atoms with Crippen molar-refractivity contribution in [2.75, 3.05) is 62.8 Å². The molecule has 0 radical (unpaired) electrons. The summed E-state index contributed by atoms with van der Waals surface area (Å²) < 4.78 is 11.5. The number of nitrogens with one attached hydrogen (secondary N) is 1. The van der Waals surface area contributed by atoms with Crippen LogP contribution in [0.15, 0.2) is 61.4 Å². The summed E-state index contributed by atoms with van der Waals surface area (Å²) in [6.07, 6.45) is 4.04. The molecular formula is C32H36N8O4. The number of aliphatic hydroxyl groups is 1. The van der Waals surface area contributed by atoms with Crippen LogP contribution in [0.1, 0.15) is 18.4 Å². The van der Waals surface area contributed by atoms with E-state index >= 15 is 0 Å². The maximum Gasteiger partial charge on any atom is 0.248 e. The van der Waals surface area contributed by atoms with Crippen molar-refractivity contribution in [1.29, 1.82) is 5.26 Å². The number of nitrogens with zero attached hydrogens (tertiary/aromatic N) is 7. The van der Waals surface area contributed by atoms with Crippen LogP contribution in [0.5, 0.6) is 5.75 Å². The lowest BCUT2D eigenvalue weighted by Gasteiger charge is -2.43. The van der Waals surface area contributed by atoms with Crippen LogP contribution in [0.25, 0.3) is 11.4 Å². The average Bonchev–Trinajstić information content (AvgIpc) is 3.04. The first kappa shape index (κ1) is 29.5. The van der Waals surface area contributed by atoms with Crippen LogP contribution in [-0.4, -0.2) is 106 Å². The number of rotatable bonds is 9. The summed E-state index contributed by atoms with van der Waals surface area (Å²) in [5.41, 5.74) is 3.07. The lowest BCUT2D eigenvalue weighted by Crippen LogP contribution is -2.56. The minimum absolute atomic E-state index is 0.204. The van der Waals surface area contributed by atoms with Crippen molar-refractivity contribution >= 4 is 23.2 Å². The number of likely N-dealkylation sites (tertiary alicyclic amines) is 1. The van der Waals surface area contributed by atoms with E-state index in [0.29, 0.717) is 54.1 Å². The van der Waals surface area contributed by atoms with Gasteiger partial charge in [0.1, 0.15) is 30.9 Å². The molecule has 1 aromatic heterocycles. The van der Waals surface area contributed by atoms with Crippen LogP contribution < -0.4 is 15.0 Å². The van der Waals surface area contributed by atoms with E-state index in [0.717, 1.165) is 45.1 Å². The predicted molar refractivity (Wildman–Crippen MR) is 165 cm³/mol. The minimum atomic E-state index is -0.536. The fourth-order valence-corrected chi connectivity index (χ4v) is 5.89. The van der Waals surface area contributed by atoms with Crippen LogP contribution in [0, 0.1) is 11.3 Å². The van der Waals surface area contributed by atoms with E-state index in [4.69, 9.17) is 9.47 Å². The van der Waals surface area contributed by atoms with Crippen LogP contribution in [0.4, 0.5) is 17.3 Å². The number of piperidine rings is 1. The highest BCUT2D eigenvalue weighted by molar-refractivity contribution is 5.78. The Balaban J connectivity index is 1.08. The number of anilines is 3. The zero-order valence-corrected chi connectivity index (χ0v) is 24.5. The smallest absolute Gasteiger partial charge is 0.248 e. The normalized spacial score (nSPS) is 20.8. The third-order valence-corrected chi connectivity index (χ3v) is 8.49. The number of carbonyl (C=O) groups is 1. The zero-order valence-electron chi connectivity index (χ0n) is 24.5. The molecular weight excluding hydrogens is 560 g/mol. The Hall–Kier alpha value is -4.57. The molecule has 6 rings (SSSR count). The van der Waals surface area contributed by atoms with E-state index < -0.39 is 6.61 Å². The van der Waals surface area contributed by atoms with Gasteiger partial charge in [0.25, 0.3) is 0 Å². The molecule has 1 amide bonds. The molecule has 0 aliphatic carbocycles. The van der Waals surface area contributed by atoms with Gasteiger partial charge in [-0.15, -0.1) is 6.58 Å². The standard InChI is InChI=1S/C32H36N8O4/c1-2-25-16-28(9-10-40(25)30(42)18-41)44-29-8-3-22(15-23(29)17-33)31-34-21-35-32(37-31)36-24-4-6-26(7-5-24)38-11-13-39(14-12-38)27-19-43-20-27/h2-8,15,21,25,27-28,41H,1,9-14,16,18-20H2,(H,34,35,36,37)/t25-,28-/m0/s1.